The first-order valence-corrected chi connectivity index (χ1v) is 11.7. The molecule has 0 unspecified atom stereocenters. The summed E-state index contributed by atoms with van der Waals surface area (Å²) in [5.74, 6) is 0.934. The van der Waals surface area contributed by atoms with E-state index < -0.39 is 0 Å². The van der Waals surface area contributed by atoms with Gasteiger partial charge in [0.05, 0.1) is 43.8 Å². The van der Waals surface area contributed by atoms with Crippen LogP contribution in [0.25, 0.3) is 0 Å². The molecule has 5 heterocycles. The van der Waals surface area contributed by atoms with Gasteiger partial charge in [-0.2, -0.15) is 0 Å². The number of rotatable bonds is 8. The quantitative estimate of drug-likeness (QED) is 0.528. The van der Waals surface area contributed by atoms with Crippen LogP contribution in [0.2, 0.25) is 0 Å². The molecule has 5 rings (SSSR count). The summed E-state index contributed by atoms with van der Waals surface area (Å²) in [7, 11) is 0. The van der Waals surface area contributed by atoms with Crippen LogP contribution in [0.1, 0.15) is 35.7 Å². The summed E-state index contributed by atoms with van der Waals surface area (Å²) in [6.45, 7) is 6.31. The van der Waals surface area contributed by atoms with Crippen LogP contribution in [0.4, 0.5) is 0 Å². The number of hydrogen-bond donors (Lipinski definition) is 1. The normalized spacial score (nSPS) is 21.8. The van der Waals surface area contributed by atoms with E-state index in [2.05, 4.69) is 49.1 Å². The average Bonchev–Trinajstić information content (AvgIpc) is 3.57. The van der Waals surface area contributed by atoms with Crippen molar-refractivity contribution in [2.45, 2.75) is 25.0 Å². The molecule has 2 aliphatic heterocycles. The molecule has 0 bridgehead atoms. The molecular weight excluding hydrogens is 422 g/mol. The number of nitrogens with one attached hydrogen (secondary N) is 1. The Morgan fingerprint density at radius 3 is 2.75 bits per heavy atom. The first kappa shape index (κ1) is 21.2. The topological polar surface area (TPSA) is 58.7 Å². The lowest BCUT2D eigenvalue weighted by atomic mass is 10.0. The number of furan rings is 1. The van der Waals surface area contributed by atoms with E-state index in [0.717, 1.165) is 62.4 Å². The highest BCUT2D eigenvalue weighted by atomic mass is 32.1. The van der Waals surface area contributed by atoms with Crippen LogP contribution in [0.15, 0.2) is 65.5 Å². The summed E-state index contributed by atoms with van der Waals surface area (Å²) in [6.07, 6.45) is 6.73. The van der Waals surface area contributed by atoms with Crippen molar-refractivity contribution < 1.29 is 9.15 Å². The second-order valence-electron chi connectivity index (χ2n) is 8.27. The van der Waals surface area contributed by atoms with Crippen LogP contribution in [0, 0.1) is 0 Å². The maximum Gasteiger partial charge on any atom is 0.170 e. The summed E-state index contributed by atoms with van der Waals surface area (Å²) in [5.41, 5.74) is 2.21. The number of hydrogen-bond acceptors (Lipinski definition) is 5. The summed E-state index contributed by atoms with van der Waals surface area (Å²) in [5, 5.41) is 4.35. The monoisotopic (exact) mass is 451 g/mol. The molecule has 2 aliphatic rings. The molecule has 2 fully saturated rings. The van der Waals surface area contributed by atoms with E-state index in [9.17, 15) is 0 Å². The van der Waals surface area contributed by atoms with Crippen molar-refractivity contribution in [1.82, 2.24) is 24.7 Å². The van der Waals surface area contributed by atoms with Gasteiger partial charge in [0.15, 0.2) is 5.11 Å². The summed E-state index contributed by atoms with van der Waals surface area (Å²) in [6, 6.07) is 14.3. The molecule has 2 saturated heterocycles. The number of morpholine rings is 1. The van der Waals surface area contributed by atoms with Crippen LogP contribution in [-0.4, -0.2) is 63.9 Å². The lowest BCUT2D eigenvalue weighted by Crippen LogP contribution is -2.39. The van der Waals surface area contributed by atoms with E-state index in [1.807, 2.05) is 30.5 Å². The average molecular weight is 452 g/mol. The van der Waals surface area contributed by atoms with Crippen molar-refractivity contribution in [2.75, 3.05) is 39.4 Å². The Bertz CT molecular complexity index is 1000. The molecule has 0 aromatic carbocycles. The van der Waals surface area contributed by atoms with Crippen molar-refractivity contribution in [1.29, 1.82) is 0 Å². The highest BCUT2D eigenvalue weighted by molar-refractivity contribution is 7.80. The van der Waals surface area contributed by atoms with Crippen LogP contribution in [0.3, 0.4) is 0 Å². The SMILES string of the molecule is S=C1N[C@H](c2ccccn2)[C@@H](c2cccn2Cc2ccco2)N1CCCN1CCOCC1. The molecule has 1 N–H and O–H groups in total. The van der Waals surface area contributed by atoms with Crippen LogP contribution < -0.4 is 5.32 Å². The van der Waals surface area contributed by atoms with Crippen LogP contribution in [-0.2, 0) is 11.3 Å². The van der Waals surface area contributed by atoms with E-state index in [-0.39, 0.29) is 12.1 Å². The molecule has 0 amide bonds. The second-order valence-corrected chi connectivity index (χ2v) is 8.65. The third-order valence-electron chi connectivity index (χ3n) is 6.25. The van der Waals surface area contributed by atoms with Crippen molar-refractivity contribution >= 4 is 17.3 Å². The third-order valence-corrected chi connectivity index (χ3v) is 6.60. The standard InChI is InChI=1S/C24H29N5O2S/c32-24-26-22(20-7-1-2-9-25-20)23(29(24)12-5-10-27-13-16-30-17-14-27)21-8-3-11-28(21)18-19-6-4-15-31-19/h1-4,6-9,11,15,22-23H,5,10,12-14,16-18H2,(H,26,32)/t22-,23-/m1/s1. The molecule has 0 saturated carbocycles. The summed E-state index contributed by atoms with van der Waals surface area (Å²) in [4.78, 5) is 9.46. The predicted molar refractivity (Wildman–Crippen MR) is 126 cm³/mol. The molecule has 7 nitrogen and oxygen atoms in total. The first-order valence-electron chi connectivity index (χ1n) is 11.3. The molecule has 3 aromatic heterocycles. The maximum atomic E-state index is 5.82. The highest BCUT2D eigenvalue weighted by Gasteiger charge is 2.40. The lowest BCUT2D eigenvalue weighted by Gasteiger charge is -2.31. The number of nitrogens with zero attached hydrogens (tertiary/aromatic N) is 4. The molecule has 3 aromatic rings. The largest absolute Gasteiger partial charge is 0.467 e. The van der Waals surface area contributed by atoms with Crippen molar-refractivity contribution in [3.63, 3.8) is 0 Å². The van der Waals surface area contributed by atoms with Crippen molar-refractivity contribution in [3.05, 3.63) is 78.3 Å². The van der Waals surface area contributed by atoms with Crippen molar-refractivity contribution in [3.8, 4) is 0 Å². The molecule has 0 spiro atoms. The first-order chi connectivity index (χ1) is 15.8. The maximum absolute atomic E-state index is 5.82. The molecule has 2 atom stereocenters. The van der Waals surface area contributed by atoms with Crippen LogP contribution >= 0.6 is 12.2 Å². The van der Waals surface area contributed by atoms with E-state index in [4.69, 9.17) is 21.4 Å². The zero-order chi connectivity index (χ0) is 21.8. The molecular formula is C24H29N5O2S. The van der Waals surface area contributed by atoms with Crippen molar-refractivity contribution in [2.24, 2.45) is 0 Å². The zero-order valence-electron chi connectivity index (χ0n) is 18.1. The molecule has 8 heteroatoms. The van der Waals surface area contributed by atoms with Gasteiger partial charge in [-0.1, -0.05) is 6.07 Å². The number of pyridine rings is 1. The van der Waals surface area contributed by atoms with E-state index in [1.54, 1.807) is 6.26 Å². The lowest BCUT2D eigenvalue weighted by molar-refractivity contribution is 0.0365. The number of ether oxygens (including phenoxy) is 1. The minimum absolute atomic E-state index is 0.00247. The van der Waals surface area contributed by atoms with Gasteiger partial charge in [0.1, 0.15) is 5.76 Å². The minimum Gasteiger partial charge on any atom is -0.467 e. The van der Waals surface area contributed by atoms with Gasteiger partial charge in [-0.25, -0.2) is 0 Å². The second kappa shape index (κ2) is 9.85. The Morgan fingerprint density at radius 2 is 1.97 bits per heavy atom. The third kappa shape index (κ3) is 4.57. The van der Waals surface area contributed by atoms with Gasteiger partial charge < -0.3 is 23.9 Å². The van der Waals surface area contributed by atoms with Gasteiger partial charge in [-0.05, 0) is 55.0 Å². The molecule has 0 radical (unpaired) electrons. The fourth-order valence-electron chi connectivity index (χ4n) is 4.67. The molecule has 0 aliphatic carbocycles. The Morgan fingerprint density at radius 1 is 1.06 bits per heavy atom. The fraction of sp³-hybridized carbons (Fsp3) is 0.417. The van der Waals surface area contributed by atoms with E-state index >= 15 is 0 Å². The molecule has 32 heavy (non-hydrogen) atoms. The minimum atomic E-state index is -0.00247. The highest BCUT2D eigenvalue weighted by Crippen LogP contribution is 2.39. The Kier molecular flexibility index (Phi) is 6.52. The summed E-state index contributed by atoms with van der Waals surface area (Å²) < 4.78 is 13.3. The fourth-order valence-corrected chi connectivity index (χ4v) is 5.00. The van der Waals surface area contributed by atoms with E-state index in [1.165, 1.54) is 5.69 Å². The van der Waals surface area contributed by atoms with Gasteiger partial charge >= 0.3 is 0 Å². The number of thiocarbonyl (C=S) groups is 1. The van der Waals surface area contributed by atoms with Gasteiger partial charge in [-0.15, -0.1) is 0 Å². The zero-order valence-corrected chi connectivity index (χ0v) is 18.9. The van der Waals surface area contributed by atoms with Gasteiger partial charge in [-0.3, -0.25) is 9.88 Å². The van der Waals surface area contributed by atoms with Gasteiger partial charge in [0, 0.05) is 44.3 Å². The number of aromatic nitrogens is 2. The van der Waals surface area contributed by atoms with Gasteiger partial charge in [0.2, 0.25) is 0 Å². The predicted octanol–water partition coefficient (Wildman–Crippen LogP) is 3.22. The van der Waals surface area contributed by atoms with Crippen LogP contribution in [0.5, 0.6) is 0 Å². The Hall–Kier alpha value is -2.68. The smallest absolute Gasteiger partial charge is 0.170 e. The Balaban J connectivity index is 1.39. The Labute approximate surface area is 194 Å². The van der Waals surface area contributed by atoms with E-state index in [0.29, 0.717) is 6.54 Å². The molecule has 168 valence electrons. The van der Waals surface area contributed by atoms with Gasteiger partial charge in [0.25, 0.3) is 0 Å². The summed E-state index contributed by atoms with van der Waals surface area (Å²) >= 11 is 5.82.